The second kappa shape index (κ2) is 11.1. The summed E-state index contributed by atoms with van der Waals surface area (Å²) in [6.07, 6.45) is 0. The number of hydrogen-bond donors (Lipinski definition) is 0. The minimum Gasteiger partial charge on any atom is -0.849 e. The third-order valence-corrected chi connectivity index (χ3v) is 2.38. The van der Waals surface area contributed by atoms with Crippen molar-refractivity contribution in [2.24, 2.45) is 0 Å². The quantitative estimate of drug-likeness (QED) is 0.653. The maximum atomic E-state index is 11.0. The Kier molecular flexibility index (Phi) is 14.2. The summed E-state index contributed by atoms with van der Waals surface area (Å²) in [5, 5.41) is 22.1. The summed E-state index contributed by atoms with van der Waals surface area (Å²) < 4.78 is 0. The fourth-order valence-electron chi connectivity index (χ4n) is 1.52. The summed E-state index contributed by atoms with van der Waals surface area (Å²) >= 11 is 0. The van der Waals surface area contributed by atoms with Gasteiger partial charge in [-0.2, -0.15) is 0 Å². The van der Waals surface area contributed by atoms with Crippen LogP contribution in [0.3, 0.4) is 0 Å². The SMILES string of the molecule is CCN(C)CC(C)(C)[O-].CCN(C)CC(C)(C)[O-].[Cu+2]. The molecule has 0 N–H and O–H groups in total. The maximum absolute atomic E-state index is 11.0. The molecule has 0 spiro atoms. The van der Waals surface area contributed by atoms with Crippen LogP contribution < -0.4 is 10.2 Å². The molecule has 121 valence electrons. The van der Waals surface area contributed by atoms with Gasteiger partial charge in [0.15, 0.2) is 0 Å². The molecule has 0 aromatic heterocycles. The molecule has 0 heterocycles. The Labute approximate surface area is 130 Å². The minimum atomic E-state index is -0.801. The predicted molar refractivity (Wildman–Crippen MR) is 74.5 cm³/mol. The van der Waals surface area contributed by atoms with E-state index in [9.17, 15) is 10.2 Å². The van der Waals surface area contributed by atoms with Gasteiger partial charge in [0.1, 0.15) is 0 Å². The van der Waals surface area contributed by atoms with E-state index < -0.39 is 11.2 Å². The number of likely N-dealkylation sites (N-methyl/N-ethyl adjacent to an activating group) is 2. The van der Waals surface area contributed by atoms with Crippen LogP contribution in [0.4, 0.5) is 0 Å². The Morgan fingerprint density at radius 3 is 1.00 bits per heavy atom. The molecule has 0 atom stereocenters. The van der Waals surface area contributed by atoms with Gasteiger partial charge < -0.3 is 20.0 Å². The van der Waals surface area contributed by atoms with E-state index in [1.54, 1.807) is 27.7 Å². The zero-order chi connectivity index (χ0) is 15.0. The first kappa shape index (κ1) is 24.4. The third-order valence-electron chi connectivity index (χ3n) is 2.38. The molecule has 0 saturated heterocycles. The third kappa shape index (κ3) is 23.8. The summed E-state index contributed by atoms with van der Waals surface area (Å²) in [6.45, 7) is 14.1. The van der Waals surface area contributed by atoms with Gasteiger partial charge >= 0.3 is 17.1 Å². The molecule has 0 aliphatic rings. The molecule has 19 heavy (non-hydrogen) atoms. The van der Waals surface area contributed by atoms with E-state index in [-0.39, 0.29) is 17.1 Å². The van der Waals surface area contributed by atoms with Crippen LogP contribution in [0.5, 0.6) is 0 Å². The average molecular weight is 324 g/mol. The van der Waals surface area contributed by atoms with Gasteiger partial charge in [0.05, 0.1) is 0 Å². The average Bonchev–Trinajstić information content (AvgIpc) is 2.13. The van der Waals surface area contributed by atoms with Crippen LogP contribution in [0.2, 0.25) is 0 Å². The number of rotatable bonds is 6. The van der Waals surface area contributed by atoms with E-state index in [4.69, 9.17) is 0 Å². The van der Waals surface area contributed by atoms with Crippen molar-refractivity contribution in [1.29, 1.82) is 0 Å². The molecule has 0 rings (SSSR count). The van der Waals surface area contributed by atoms with Crippen molar-refractivity contribution in [2.45, 2.75) is 52.7 Å². The van der Waals surface area contributed by atoms with Crippen LogP contribution in [-0.2, 0) is 17.1 Å². The summed E-state index contributed by atoms with van der Waals surface area (Å²) in [5.41, 5.74) is -1.60. The van der Waals surface area contributed by atoms with Crippen molar-refractivity contribution in [1.82, 2.24) is 9.80 Å². The van der Waals surface area contributed by atoms with Crippen molar-refractivity contribution in [3.63, 3.8) is 0 Å². The van der Waals surface area contributed by atoms with Gasteiger partial charge in [-0.25, -0.2) is 0 Å². The normalized spacial score (nSPS) is 12.0. The first-order valence-corrected chi connectivity index (χ1v) is 6.69. The van der Waals surface area contributed by atoms with Crippen LogP contribution in [0.15, 0.2) is 0 Å². The largest absolute Gasteiger partial charge is 2.00 e. The predicted octanol–water partition coefficient (Wildman–Crippen LogP) is 0.152. The van der Waals surface area contributed by atoms with Crippen molar-refractivity contribution < 1.29 is 27.3 Å². The van der Waals surface area contributed by atoms with E-state index in [2.05, 4.69) is 0 Å². The molecule has 5 heteroatoms. The second-order valence-electron chi connectivity index (χ2n) is 6.18. The Hall–Kier alpha value is 0.359. The minimum absolute atomic E-state index is 0. The molecule has 0 aromatic rings. The molecular weight excluding hydrogens is 292 g/mol. The van der Waals surface area contributed by atoms with Crippen molar-refractivity contribution >= 4 is 0 Å². The summed E-state index contributed by atoms with van der Waals surface area (Å²) in [4.78, 5) is 4.04. The molecule has 0 amide bonds. The Bertz CT molecular complexity index is 179. The molecule has 0 aliphatic heterocycles. The summed E-state index contributed by atoms with van der Waals surface area (Å²) in [6, 6.07) is 0. The van der Waals surface area contributed by atoms with Crippen molar-refractivity contribution in [3.05, 3.63) is 0 Å². The topological polar surface area (TPSA) is 52.6 Å². The summed E-state index contributed by atoms with van der Waals surface area (Å²) in [5.74, 6) is 0. The van der Waals surface area contributed by atoms with E-state index >= 15 is 0 Å². The monoisotopic (exact) mass is 323 g/mol. The van der Waals surface area contributed by atoms with Crippen LogP contribution >= 0.6 is 0 Å². The molecule has 0 aromatic carbocycles. The van der Waals surface area contributed by atoms with Gasteiger partial charge in [-0.15, -0.1) is 11.2 Å². The molecule has 0 fully saturated rings. The second-order valence-corrected chi connectivity index (χ2v) is 6.18. The van der Waals surface area contributed by atoms with Crippen LogP contribution in [0, 0.1) is 0 Å². The molecule has 0 unspecified atom stereocenters. The smallest absolute Gasteiger partial charge is 0.849 e. The Morgan fingerprint density at radius 2 is 0.947 bits per heavy atom. The number of nitrogens with zero attached hydrogens (tertiary/aromatic N) is 2. The Balaban J connectivity index is -0.000000256. The zero-order valence-electron chi connectivity index (χ0n) is 13.8. The first-order valence-electron chi connectivity index (χ1n) is 6.69. The molecule has 0 saturated carbocycles. The van der Waals surface area contributed by atoms with E-state index in [1.807, 2.05) is 37.7 Å². The van der Waals surface area contributed by atoms with Crippen molar-refractivity contribution in [3.8, 4) is 0 Å². The van der Waals surface area contributed by atoms with Gasteiger partial charge in [0.2, 0.25) is 0 Å². The fraction of sp³-hybridized carbons (Fsp3) is 1.00. The van der Waals surface area contributed by atoms with Crippen LogP contribution in [0.1, 0.15) is 41.5 Å². The van der Waals surface area contributed by atoms with Crippen LogP contribution in [-0.4, -0.2) is 61.3 Å². The van der Waals surface area contributed by atoms with Gasteiger partial charge in [-0.3, -0.25) is 0 Å². The van der Waals surface area contributed by atoms with Crippen molar-refractivity contribution in [2.75, 3.05) is 40.3 Å². The van der Waals surface area contributed by atoms with E-state index in [0.29, 0.717) is 13.1 Å². The first-order chi connectivity index (χ1) is 7.91. The summed E-state index contributed by atoms with van der Waals surface area (Å²) in [7, 11) is 3.92. The maximum Gasteiger partial charge on any atom is 2.00 e. The Morgan fingerprint density at radius 1 is 0.737 bits per heavy atom. The van der Waals surface area contributed by atoms with E-state index in [1.165, 1.54) is 0 Å². The molecule has 1 radical (unpaired) electrons. The number of hydrogen-bond acceptors (Lipinski definition) is 4. The van der Waals surface area contributed by atoms with Gasteiger partial charge in [0.25, 0.3) is 0 Å². The van der Waals surface area contributed by atoms with Gasteiger partial charge in [-0.1, -0.05) is 41.5 Å². The zero-order valence-corrected chi connectivity index (χ0v) is 14.8. The standard InChI is InChI=1S/2C7H16NO.Cu/c2*1-5-8(4)6-7(2,3)9;/h2*5-6H2,1-4H3;/q2*-1;+2. The molecule has 0 aliphatic carbocycles. The molecule has 0 bridgehead atoms. The fourth-order valence-corrected chi connectivity index (χ4v) is 1.52. The van der Waals surface area contributed by atoms with Gasteiger partial charge in [0, 0.05) is 0 Å². The molecule has 4 nitrogen and oxygen atoms in total. The molecular formula is C14H32CuN2O2. The van der Waals surface area contributed by atoms with Crippen LogP contribution in [0.25, 0.3) is 0 Å². The van der Waals surface area contributed by atoms with Gasteiger partial charge in [-0.05, 0) is 40.3 Å². The van der Waals surface area contributed by atoms with E-state index in [0.717, 1.165) is 13.1 Å².